The van der Waals surface area contributed by atoms with Gasteiger partial charge in [-0.05, 0) is 6.07 Å². The van der Waals surface area contributed by atoms with E-state index in [0.717, 1.165) is 6.07 Å². The number of nitriles is 1. The Hall–Kier alpha value is -4.51. The number of benzene rings is 2. The van der Waals surface area contributed by atoms with E-state index in [4.69, 9.17) is 5.26 Å². The summed E-state index contributed by atoms with van der Waals surface area (Å²) in [6.45, 7) is 0.251. The fraction of sp³-hybridized carbons (Fsp3) is 0.381. The fourth-order valence-corrected chi connectivity index (χ4v) is 3.33. The fourth-order valence-electron chi connectivity index (χ4n) is 3.33. The molecule has 0 heterocycles. The van der Waals surface area contributed by atoms with Gasteiger partial charge in [0.25, 0.3) is 11.4 Å². The molecule has 9 nitrogen and oxygen atoms in total. The Balaban J connectivity index is 2.74. The van der Waals surface area contributed by atoms with Gasteiger partial charge >= 0.3 is 23.7 Å². The molecule has 0 aromatic heterocycles. The quantitative estimate of drug-likeness (QED) is 0.0841. The van der Waals surface area contributed by atoms with Crippen LogP contribution >= 0.6 is 0 Å². The summed E-state index contributed by atoms with van der Waals surface area (Å²) in [5.41, 5.74) is -7.57. The van der Waals surface area contributed by atoms with E-state index in [0.29, 0.717) is 12.1 Å². The van der Waals surface area contributed by atoms with Crippen LogP contribution in [0.2, 0.25) is 0 Å². The third kappa shape index (κ3) is 5.78. The summed E-state index contributed by atoms with van der Waals surface area (Å²) < 4.78 is 170. The predicted molar refractivity (Wildman–Crippen MR) is 116 cm³/mol. The first-order valence-electron chi connectivity index (χ1n) is 10.8. The molecular formula is C21H13F12N5O4. The van der Waals surface area contributed by atoms with Gasteiger partial charge in [-0.15, -0.1) is 0 Å². The number of halogens is 12. The van der Waals surface area contributed by atoms with Gasteiger partial charge < -0.3 is 10.6 Å². The second-order valence-electron chi connectivity index (χ2n) is 8.29. The maximum atomic E-state index is 14.7. The van der Waals surface area contributed by atoms with Gasteiger partial charge in [-0.2, -0.15) is 40.4 Å². The van der Waals surface area contributed by atoms with Crippen molar-refractivity contribution in [3.63, 3.8) is 0 Å². The van der Waals surface area contributed by atoms with Crippen LogP contribution in [0.3, 0.4) is 0 Å². The summed E-state index contributed by atoms with van der Waals surface area (Å²) in [7, 11) is 0. The van der Waals surface area contributed by atoms with Crippen LogP contribution in [0.5, 0.6) is 0 Å². The van der Waals surface area contributed by atoms with Gasteiger partial charge in [0.05, 0.1) is 22.3 Å². The zero-order chi connectivity index (χ0) is 32.6. The molecule has 0 saturated carbocycles. The summed E-state index contributed by atoms with van der Waals surface area (Å²) in [5, 5.41) is 33.6. The highest BCUT2D eigenvalue weighted by Crippen LogP contribution is 2.55. The molecule has 1 unspecified atom stereocenters. The Morgan fingerprint density at radius 2 is 1.33 bits per heavy atom. The van der Waals surface area contributed by atoms with E-state index < -0.39 is 104 Å². The monoisotopic (exact) mass is 627 g/mol. The highest BCUT2D eigenvalue weighted by molar-refractivity contribution is 5.66. The summed E-state index contributed by atoms with van der Waals surface area (Å²) in [6, 6.07) is 1.71. The highest BCUT2D eigenvalue weighted by atomic mass is 19.4. The maximum absolute atomic E-state index is 14.7. The Morgan fingerprint density at radius 3 is 1.76 bits per heavy atom. The van der Waals surface area contributed by atoms with Crippen LogP contribution < -0.4 is 10.6 Å². The second kappa shape index (κ2) is 11.4. The number of non-ortho nitro benzene ring substituents is 1. The molecule has 230 valence electrons. The molecule has 0 bridgehead atoms. The molecule has 0 fully saturated rings. The van der Waals surface area contributed by atoms with Gasteiger partial charge in [-0.3, -0.25) is 20.2 Å². The van der Waals surface area contributed by atoms with Crippen LogP contribution in [-0.2, 0) is 0 Å². The van der Waals surface area contributed by atoms with Gasteiger partial charge in [-0.25, -0.2) is 17.6 Å². The topological polar surface area (TPSA) is 134 Å². The molecule has 1 atom stereocenters. The molecule has 2 rings (SSSR count). The van der Waals surface area contributed by atoms with Crippen molar-refractivity contribution in [3.05, 3.63) is 67.3 Å². The molecule has 0 amide bonds. The van der Waals surface area contributed by atoms with Crippen LogP contribution in [0.1, 0.15) is 25.3 Å². The minimum atomic E-state index is -6.94. The van der Waals surface area contributed by atoms with Crippen LogP contribution in [-0.4, -0.2) is 39.7 Å². The molecule has 0 aliphatic carbocycles. The lowest BCUT2D eigenvalue weighted by Crippen LogP contribution is -2.63. The summed E-state index contributed by atoms with van der Waals surface area (Å²) in [5.74, 6) is -35.7. The Kier molecular flexibility index (Phi) is 9.15. The zero-order valence-electron chi connectivity index (χ0n) is 20.2. The van der Waals surface area contributed by atoms with Crippen molar-refractivity contribution >= 4 is 22.7 Å². The molecule has 0 radical (unpaired) electrons. The Morgan fingerprint density at radius 1 is 0.833 bits per heavy atom. The van der Waals surface area contributed by atoms with Crippen LogP contribution in [0.4, 0.5) is 75.4 Å². The van der Waals surface area contributed by atoms with Gasteiger partial charge in [-0.1, -0.05) is 6.92 Å². The molecule has 0 aliphatic rings. The molecular weight excluding hydrogens is 614 g/mol. The largest absolute Gasteiger partial charge is 0.378 e. The van der Waals surface area contributed by atoms with Crippen molar-refractivity contribution in [3.8, 4) is 6.07 Å². The first-order valence-corrected chi connectivity index (χ1v) is 10.8. The van der Waals surface area contributed by atoms with Gasteiger partial charge in [0, 0.05) is 12.5 Å². The number of nitro benzene ring substituents is 2. The minimum absolute atomic E-state index is 0.171. The smallest absolute Gasteiger partial charge is 0.360 e. The lowest BCUT2D eigenvalue weighted by atomic mass is 9.94. The average molecular weight is 627 g/mol. The highest BCUT2D eigenvalue weighted by Gasteiger charge is 2.79. The zero-order valence-corrected chi connectivity index (χ0v) is 20.2. The molecule has 0 spiro atoms. The number of hydrogen-bond donors (Lipinski definition) is 2. The van der Waals surface area contributed by atoms with E-state index in [-0.39, 0.29) is 13.0 Å². The molecule has 42 heavy (non-hydrogen) atoms. The number of nitro groups is 2. The lowest BCUT2D eigenvalue weighted by Gasteiger charge is -2.38. The summed E-state index contributed by atoms with van der Waals surface area (Å²) in [6.07, 6.45) is -8.07. The Labute approximate surface area is 225 Å². The van der Waals surface area contributed by atoms with Crippen molar-refractivity contribution in [1.29, 1.82) is 5.26 Å². The summed E-state index contributed by atoms with van der Waals surface area (Å²) in [4.78, 5) is 19.6. The number of alkyl halides is 8. The number of hydrogen-bond acceptors (Lipinski definition) is 7. The van der Waals surface area contributed by atoms with Crippen molar-refractivity contribution in [1.82, 2.24) is 0 Å². The number of rotatable bonds is 12. The van der Waals surface area contributed by atoms with Gasteiger partial charge in [0.1, 0.15) is 29.2 Å². The van der Waals surface area contributed by atoms with Crippen molar-refractivity contribution in [2.24, 2.45) is 0 Å². The number of nitrogens with one attached hydrogen (secondary N) is 2. The standard InChI is InChI=1S/C21H13F12N5O4/c1-2-18(26,27)20(30,31)21(32,33)19(28,29)6-12(35-10-4-3-8(37(39)40)5-11(10)38(41)42)36-17-15(24)13(22)9(7-34)14(23)16(17)25/h3-5,12,35-36H,2,6H2,1H3. The van der Waals surface area contributed by atoms with E-state index in [1.165, 1.54) is 10.6 Å². The van der Waals surface area contributed by atoms with Crippen molar-refractivity contribution in [2.45, 2.75) is 49.6 Å². The number of nitrogens with zero attached hydrogens (tertiary/aromatic N) is 3. The van der Waals surface area contributed by atoms with E-state index in [9.17, 15) is 72.9 Å². The third-order valence-corrected chi connectivity index (χ3v) is 5.63. The van der Waals surface area contributed by atoms with Crippen molar-refractivity contribution < 1.29 is 62.5 Å². The second-order valence-corrected chi connectivity index (χ2v) is 8.29. The first kappa shape index (κ1) is 33.7. The van der Waals surface area contributed by atoms with Crippen LogP contribution in [0.15, 0.2) is 18.2 Å². The average Bonchev–Trinajstić information content (AvgIpc) is 2.89. The van der Waals surface area contributed by atoms with Crippen LogP contribution in [0, 0.1) is 54.8 Å². The van der Waals surface area contributed by atoms with Crippen LogP contribution in [0.25, 0.3) is 0 Å². The van der Waals surface area contributed by atoms with E-state index in [1.54, 1.807) is 0 Å². The predicted octanol–water partition coefficient (Wildman–Crippen LogP) is 7.12. The number of anilines is 2. The van der Waals surface area contributed by atoms with Gasteiger partial charge in [0.15, 0.2) is 23.3 Å². The third-order valence-electron chi connectivity index (χ3n) is 5.63. The molecule has 2 N–H and O–H groups in total. The SMILES string of the molecule is CCC(F)(F)C(F)(F)C(F)(F)C(F)(F)CC(Nc1ccc([N+](=O)[O-])cc1[N+](=O)[O-])Nc1c(F)c(F)c(C#N)c(F)c1F. The lowest BCUT2D eigenvalue weighted by molar-refractivity contribution is -0.393. The summed E-state index contributed by atoms with van der Waals surface area (Å²) >= 11 is 0. The van der Waals surface area contributed by atoms with E-state index in [1.807, 2.05) is 0 Å². The van der Waals surface area contributed by atoms with Gasteiger partial charge in [0.2, 0.25) is 0 Å². The molecule has 2 aromatic carbocycles. The first-order chi connectivity index (χ1) is 19.1. The molecule has 0 saturated heterocycles. The van der Waals surface area contributed by atoms with Crippen molar-refractivity contribution in [2.75, 3.05) is 10.6 Å². The minimum Gasteiger partial charge on any atom is -0.360 e. The van der Waals surface area contributed by atoms with E-state index in [2.05, 4.69) is 0 Å². The van der Waals surface area contributed by atoms with E-state index >= 15 is 0 Å². The maximum Gasteiger partial charge on any atom is 0.378 e. The normalized spacial score (nSPS) is 13.3. The molecule has 21 heteroatoms. The Bertz CT molecular complexity index is 1420. The molecule has 2 aromatic rings. The molecule has 0 aliphatic heterocycles.